The summed E-state index contributed by atoms with van der Waals surface area (Å²) in [6, 6.07) is 10.3. The summed E-state index contributed by atoms with van der Waals surface area (Å²) < 4.78 is 0. The molecule has 0 radical (unpaired) electrons. The zero-order chi connectivity index (χ0) is 12.3. The number of benzene rings is 1. The Morgan fingerprint density at radius 1 is 1.18 bits per heavy atom. The summed E-state index contributed by atoms with van der Waals surface area (Å²) in [5.41, 5.74) is 1.71. The van der Waals surface area contributed by atoms with Crippen LogP contribution < -0.4 is 5.06 Å². The zero-order valence-corrected chi connectivity index (χ0v) is 9.37. The molecule has 1 aromatic carbocycles. The number of hydroxylamine groups is 1. The number of hydrogen-bond donors (Lipinski definition) is 1. The number of pyridine rings is 1. The van der Waals surface area contributed by atoms with Gasteiger partial charge in [0.25, 0.3) is 5.91 Å². The first kappa shape index (κ1) is 11.3. The molecular weight excluding hydrogens is 216 g/mol. The number of aromatic nitrogens is 1. The van der Waals surface area contributed by atoms with E-state index < -0.39 is 5.91 Å². The van der Waals surface area contributed by atoms with Gasteiger partial charge in [-0.25, -0.2) is 0 Å². The first-order valence-electron chi connectivity index (χ1n) is 5.19. The van der Waals surface area contributed by atoms with Crippen LogP contribution in [0.5, 0.6) is 0 Å². The van der Waals surface area contributed by atoms with Crippen LogP contribution in [0.1, 0.15) is 15.9 Å². The molecule has 0 aliphatic carbocycles. The molecule has 0 unspecified atom stereocenters. The lowest BCUT2D eigenvalue weighted by molar-refractivity contribution is 0.0854. The Bertz CT molecular complexity index is 526. The van der Waals surface area contributed by atoms with Gasteiger partial charge in [-0.05, 0) is 30.7 Å². The molecule has 0 fully saturated rings. The maximum absolute atomic E-state index is 11.9. The SMILES string of the molecule is Cc1ccccc1N(O)C(=O)c1ccncc1. The van der Waals surface area contributed by atoms with Crippen molar-refractivity contribution in [2.45, 2.75) is 6.92 Å². The van der Waals surface area contributed by atoms with Crippen molar-refractivity contribution in [3.8, 4) is 0 Å². The second-order valence-corrected chi connectivity index (χ2v) is 3.64. The molecule has 2 rings (SSSR count). The number of anilines is 1. The Kier molecular flexibility index (Phi) is 3.16. The maximum atomic E-state index is 11.9. The number of carbonyl (C=O) groups excluding carboxylic acids is 1. The number of rotatable bonds is 2. The third-order valence-electron chi connectivity index (χ3n) is 2.46. The molecule has 0 atom stereocenters. The molecule has 1 N–H and O–H groups in total. The fourth-order valence-electron chi connectivity index (χ4n) is 1.53. The van der Waals surface area contributed by atoms with Crippen molar-refractivity contribution >= 4 is 11.6 Å². The molecule has 0 aliphatic rings. The van der Waals surface area contributed by atoms with Crippen molar-refractivity contribution in [3.63, 3.8) is 0 Å². The average Bonchev–Trinajstić information content (AvgIpc) is 2.39. The fourth-order valence-corrected chi connectivity index (χ4v) is 1.53. The van der Waals surface area contributed by atoms with Gasteiger partial charge in [-0.15, -0.1) is 0 Å². The second kappa shape index (κ2) is 4.76. The van der Waals surface area contributed by atoms with Gasteiger partial charge in [0.1, 0.15) is 0 Å². The second-order valence-electron chi connectivity index (χ2n) is 3.64. The van der Waals surface area contributed by atoms with Crippen molar-refractivity contribution in [1.29, 1.82) is 0 Å². The highest BCUT2D eigenvalue weighted by Crippen LogP contribution is 2.19. The minimum atomic E-state index is -0.471. The molecule has 1 heterocycles. The molecule has 2 aromatic rings. The van der Waals surface area contributed by atoms with Gasteiger partial charge in [-0.3, -0.25) is 15.0 Å². The topological polar surface area (TPSA) is 53.4 Å². The lowest BCUT2D eigenvalue weighted by Gasteiger charge is -2.16. The van der Waals surface area contributed by atoms with E-state index >= 15 is 0 Å². The van der Waals surface area contributed by atoms with Gasteiger partial charge in [0.2, 0.25) is 0 Å². The minimum Gasteiger partial charge on any atom is -0.281 e. The van der Waals surface area contributed by atoms with Crippen LogP contribution in [-0.4, -0.2) is 16.1 Å². The lowest BCUT2D eigenvalue weighted by Crippen LogP contribution is -2.27. The lowest BCUT2D eigenvalue weighted by atomic mass is 10.2. The summed E-state index contributed by atoms with van der Waals surface area (Å²) in [4.78, 5) is 15.8. The van der Waals surface area contributed by atoms with Crippen molar-refractivity contribution in [2.24, 2.45) is 0 Å². The number of carbonyl (C=O) groups is 1. The number of hydrogen-bond acceptors (Lipinski definition) is 3. The molecule has 86 valence electrons. The molecular formula is C13H12N2O2. The van der Waals surface area contributed by atoms with E-state index in [-0.39, 0.29) is 0 Å². The quantitative estimate of drug-likeness (QED) is 0.634. The summed E-state index contributed by atoms with van der Waals surface area (Å²) in [6.45, 7) is 1.83. The molecule has 0 saturated heterocycles. The first-order chi connectivity index (χ1) is 8.20. The highest BCUT2D eigenvalue weighted by molar-refractivity contribution is 6.04. The van der Waals surface area contributed by atoms with E-state index in [2.05, 4.69) is 4.98 Å². The van der Waals surface area contributed by atoms with Crippen LogP contribution in [0.3, 0.4) is 0 Å². The van der Waals surface area contributed by atoms with E-state index in [1.807, 2.05) is 19.1 Å². The molecule has 1 aromatic heterocycles. The largest absolute Gasteiger partial charge is 0.282 e. The minimum absolute atomic E-state index is 0.394. The summed E-state index contributed by atoms with van der Waals surface area (Å²) in [7, 11) is 0. The van der Waals surface area contributed by atoms with Gasteiger partial charge in [0, 0.05) is 18.0 Å². The Morgan fingerprint density at radius 3 is 2.47 bits per heavy atom. The summed E-state index contributed by atoms with van der Waals surface area (Å²) in [6.07, 6.45) is 3.03. The highest BCUT2D eigenvalue weighted by atomic mass is 16.5. The van der Waals surface area contributed by atoms with Gasteiger partial charge in [-0.2, -0.15) is 5.06 Å². The van der Waals surface area contributed by atoms with Crippen LogP contribution in [-0.2, 0) is 0 Å². The van der Waals surface area contributed by atoms with E-state index in [1.54, 1.807) is 24.3 Å². The Hall–Kier alpha value is -2.20. The van der Waals surface area contributed by atoms with E-state index in [1.165, 1.54) is 12.4 Å². The Labute approximate surface area is 99.1 Å². The third kappa shape index (κ3) is 2.32. The Morgan fingerprint density at radius 2 is 1.82 bits per heavy atom. The maximum Gasteiger partial charge on any atom is 0.282 e. The molecule has 4 heteroatoms. The van der Waals surface area contributed by atoms with Gasteiger partial charge in [0.05, 0.1) is 5.69 Å². The molecule has 0 spiro atoms. The third-order valence-corrected chi connectivity index (χ3v) is 2.46. The van der Waals surface area contributed by atoms with Crippen LogP contribution in [0.4, 0.5) is 5.69 Å². The molecule has 1 amide bonds. The van der Waals surface area contributed by atoms with Crippen molar-refractivity contribution < 1.29 is 10.0 Å². The number of nitrogens with zero attached hydrogens (tertiary/aromatic N) is 2. The predicted molar refractivity (Wildman–Crippen MR) is 64.0 cm³/mol. The highest BCUT2D eigenvalue weighted by Gasteiger charge is 2.16. The van der Waals surface area contributed by atoms with Gasteiger partial charge < -0.3 is 0 Å². The molecule has 0 saturated carbocycles. The normalized spacial score (nSPS) is 10.0. The van der Waals surface area contributed by atoms with Crippen molar-refractivity contribution in [2.75, 3.05) is 5.06 Å². The van der Waals surface area contributed by atoms with E-state index in [9.17, 15) is 10.0 Å². The molecule has 0 bridgehead atoms. The predicted octanol–water partition coefficient (Wildman–Crippen LogP) is 2.43. The van der Waals surface area contributed by atoms with Crippen molar-refractivity contribution in [1.82, 2.24) is 4.98 Å². The van der Waals surface area contributed by atoms with Gasteiger partial charge in [0.15, 0.2) is 0 Å². The van der Waals surface area contributed by atoms with Crippen LogP contribution in [0.25, 0.3) is 0 Å². The fraction of sp³-hybridized carbons (Fsp3) is 0.0769. The van der Waals surface area contributed by atoms with E-state index in [0.29, 0.717) is 16.3 Å². The molecule has 4 nitrogen and oxygen atoms in total. The van der Waals surface area contributed by atoms with Gasteiger partial charge >= 0.3 is 0 Å². The summed E-state index contributed by atoms with van der Waals surface area (Å²) in [5.74, 6) is -0.471. The smallest absolute Gasteiger partial charge is 0.281 e. The summed E-state index contributed by atoms with van der Waals surface area (Å²) in [5, 5.41) is 10.5. The zero-order valence-electron chi connectivity index (χ0n) is 9.37. The number of para-hydroxylation sites is 1. The van der Waals surface area contributed by atoms with E-state index in [4.69, 9.17) is 0 Å². The van der Waals surface area contributed by atoms with Crippen molar-refractivity contribution in [3.05, 3.63) is 59.9 Å². The van der Waals surface area contributed by atoms with E-state index in [0.717, 1.165) is 5.56 Å². The van der Waals surface area contributed by atoms with Gasteiger partial charge in [-0.1, -0.05) is 18.2 Å². The first-order valence-corrected chi connectivity index (χ1v) is 5.19. The van der Waals surface area contributed by atoms with Crippen LogP contribution in [0, 0.1) is 6.92 Å². The average molecular weight is 228 g/mol. The standard InChI is InChI=1S/C13H12N2O2/c1-10-4-2-3-5-12(10)15(17)13(16)11-6-8-14-9-7-11/h2-9,17H,1H3. The molecule has 0 aliphatic heterocycles. The van der Waals surface area contributed by atoms with Crippen LogP contribution in [0.2, 0.25) is 0 Å². The number of aryl methyl sites for hydroxylation is 1. The monoisotopic (exact) mass is 228 g/mol. The van der Waals surface area contributed by atoms with Crippen LogP contribution in [0.15, 0.2) is 48.8 Å². The summed E-state index contributed by atoms with van der Waals surface area (Å²) >= 11 is 0. The van der Waals surface area contributed by atoms with Crippen LogP contribution >= 0.6 is 0 Å². The Balaban J connectivity index is 2.30. The molecule has 17 heavy (non-hydrogen) atoms. The number of amides is 1.